The van der Waals surface area contributed by atoms with Gasteiger partial charge in [0.2, 0.25) is 0 Å². The van der Waals surface area contributed by atoms with Crippen LogP contribution < -0.4 is 0 Å². The van der Waals surface area contributed by atoms with Crippen LogP contribution in [-0.4, -0.2) is 15.2 Å². The van der Waals surface area contributed by atoms with Gasteiger partial charge in [-0.3, -0.25) is 5.10 Å². The minimum atomic E-state index is 1.04. The molecule has 0 unspecified atom stereocenters. The molecule has 0 spiro atoms. The van der Waals surface area contributed by atoms with E-state index in [4.69, 9.17) is 0 Å². The molecule has 4 heteroatoms. The van der Waals surface area contributed by atoms with Crippen molar-refractivity contribution in [2.24, 2.45) is 0 Å². The second-order valence-corrected chi connectivity index (χ2v) is 5.15. The van der Waals surface area contributed by atoms with Gasteiger partial charge in [0.25, 0.3) is 0 Å². The summed E-state index contributed by atoms with van der Waals surface area (Å²) >= 11 is 1.72. The number of para-hydroxylation sites is 1. The molecule has 0 aliphatic carbocycles. The van der Waals surface area contributed by atoms with Gasteiger partial charge < -0.3 is 0 Å². The third-order valence-electron chi connectivity index (χ3n) is 3.01. The maximum atomic E-state index is 4.69. The molecule has 4 rings (SSSR count). The lowest BCUT2D eigenvalue weighted by atomic mass is 10.1. The van der Waals surface area contributed by atoms with Crippen LogP contribution in [0.15, 0.2) is 48.7 Å². The molecule has 86 valence electrons. The number of benzene rings is 2. The zero-order chi connectivity index (χ0) is 11.9. The molecular formula is C14H9N3S. The second-order valence-electron chi connectivity index (χ2n) is 4.12. The van der Waals surface area contributed by atoms with Crippen molar-refractivity contribution in [3.63, 3.8) is 0 Å². The van der Waals surface area contributed by atoms with E-state index in [9.17, 15) is 0 Å². The topological polar surface area (TPSA) is 41.6 Å². The molecule has 18 heavy (non-hydrogen) atoms. The molecule has 1 N–H and O–H groups in total. The molecule has 0 aliphatic heterocycles. The molecule has 2 aromatic heterocycles. The summed E-state index contributed by atoms with van der Waals surface area (Å²) < 4.78 is 1.22. The van der Waals surface area contributed by atoms with Crippen molar-refractivity contribution in [2.75, 3.05) is 0 Å². The zero-order valence-corrected chi connectivity index (χ0v) is 10.2. The first kappa shape index (κ1) is 9.79. The van der Waals surface area contributed by atoms with Gasteiger partial charge in [-0.15, -0.1) is 11.3 Å². The van der Waals surface area contributed by atoms with Crippen LogP contribution in [0.1, 0.15) is 0 Å². The van der Waals surface area contributed by atoms with Crippen LogP contribution in [0.4, 0.5) is 0 Å². The van der Waals surface area contributed by atoms with Gasteiger partial charge in [0, 0.05) is 10.9 Å². The number of nitrogens with zero attached hydrogens (tertiary/aromatic N) is 2. The smallest absolute Gasteiger partial charge is 0.125 e. The Kier molecular flexibility index (Phi) is 1.98. The Morgan fingerprint density at radius 2 is 1.94 bits per heavy atom. The highest BCUT2D eigenvalue weighted by Crippen LogP contribution is 2.33. The van der Waals surface area contributed by atoms with E-state index in [1.807, 2.05) is 36.5 Å². The van der Waals surface area contributed by atoms with Crippen LogP contribution in [0.5, 0.6) is 0 Å². The molecule has 3 nitrogen and oxygen atoms in total. The standard InChI is InChI=1S/C14H9N3S/c1-2-7-13-12(5-1)16-14(18-13)9-4-3-6-11-10(9)8-15-17-11/h1-8H,(H,15,17). The number of aromatic nitrogens is 3. The lowest BCUT2D eigenvalue weighted by Gasteiger charge is -1.96. The maximum Gasteiger partial charge on any atom is 0.125 e. The van der Waals surface area contributed by atoms with Crippen LogP contribution >= 0.6 is 11.3 Å². The lowest BCUT2D eigenvalue weighted by molar-refractivity contribution is 1.12. The van der Waals surface area contributed by atoms with Crippen LogP contribution in [-0.2, 0) is 0 Å². The van der Waals surface area contributed by atoms with E-state index in [1.165, 1.54) is 4.70 Å². The number of hydrogen-bond acceptors (Lipinski definition) is 3. The van der Waals surface area contributed by atoms with E-state index >= 15 is 0 Å². The quantitative estimate of drug-likeness (QED) is 0.558. The Balaban J connectivity index is 2.04. The summed E-state index contributed by atoms with van der Waals surface area (Å²) in [6.07, 6.45) is 1.86. The Hall–Kier alpha value is -2.20. The monoisotopic (exact) mass is 251 g/mol. The van der Waals surface area contributed by atoms with Crippen molar-refractivity contribution < 1.29 is 0 Å². The van der Waals surface area contributed by atoms with E-state index in [0.29, 0.717) is 0 Å². The molecule has 2 heterocycles. The van der Waals surface area contributed by atoms with E-state index in [-0.39, 0.29) is 0 Å². The minimum Gasteiger partial charge on any atom is -0.278 e. The molecular weight excluding hydrogens is 242 g/mol. The van der Waals surface area contributed by atoms with Gasteiger partial charge in [0.1, 0.15) is 5.01 Å². The zero-order valence-electron chi connectivity index (χ0n) is 9.42. The van der Waals surface area contributed by atoms with Crippen molar-refractivity contribution in [1.29, 1.82) is 0 Å². The number of H-pyrrole nitrogens is 1. The molecule has 0 saturated heterocycles. The van der Waals surface area contributed by atoms with Gasteiger partial charge in [0.15, 0.2) is 0 Å². The summed E-state index contributed by atoms with van der Waals surface area (Å²) in [5.41, 5.74) is 3.24. The first-order valence-corrected chi connectivity index (χ1v) is 6.51. The van der Waals surface area contributed by atoms with Gasteiger partial charge in [-0.05, 0) is 18.2 Å². The van der Waals surface area contributed by atoms with Crippen molar-refractivity contribution >= 4 is 32.5 Å². The lowest BCUT2D eigenvalue weighted by Crippen LogP contribution is -1.77. The van der Waals surface area contributed by atoms with Crippen molar-refractivity contribution in [1.82, 2.24) is 15.2 Å². The fraction of sp³-hybridized carbons (Fsp3) is 0. The second kappa shape index (κ2) is 3.65. The number of nitrogens with one attached hydrogen (secondary N) is 1. The number of fused-ring (bicyclic) bond motifs is 2. The predicted molar refractivity (Wildman–Crippen MR) is 74.7 cm³/mol. The molecule has 0 atom stereocenters. The molecule has 0 bridgehead atoms. The highest BCUT2D eigenvalue weighted by molar-refractivity contribution is 7.21. The van der Waals surface area contributed by atoms with E-state index in [1.54, 1.807) is 11.3 Å². The molecule has 4 aromatic rings. The van der Waals surface area contributed by atoms with Crippen LogP contribution in [0.3, 0.4) is 0 Å². The summed E-state index contributed by atoms with van der Waals surface area (Å²) in [4.78, 5) is 4.69. The summed E-state index contributed by atoms with van der Waals surface area (Å²) in [7, 11) is 0. The van der Waals surface area contributed by atoms with Gasteiger partial charge in [-0.2, -0.15) is 5.10 Å². The Morgan fingerprint density at radius 3 is 2.89 bits per heavy atom. The number of aromatic amines is 1. The van der Waals surface area contributed by atoms with E-state index < -0.39 is 0 Å². The van der Waals surface area contributed by atoms with Crippen LogP contribution in [0.25, 0.3) is 31.7 Å². The Labute approximate surface area is 107 Å². The highest BCUT2D eigenvalue weighted by atomic mass is 32.1. The van der Waals surface area contributed by atoms with Crippen molar-refractivity contribution in [3.8, 4) is 10.6 Å². The Bertz CT molecular complexity index is 811. The summed E-state index contributed by atoms with van der Waals surface area (Å²) in [5.74, 6) is 0. The van der Waals surface area contributed by atoms with Crippen molar-refractivity contribution in [3.05, 3.63) is 48.7 Å². The average molecular weight is 251 g/mol. The summed E-state index contributed by atoms with van der Waals surface area (Å²) in [6.45, 7) is 0. The van der Waals surface area contributed by atoms with E-state index in [2.05, 4.69) is 27.3 Å². The molecule has 2 aromatic carbocycles. The minimum absolute atomic E-state index is 1.04. The number of thiazole rings is 1. The van der Waals surface area contributed by atoms with Gasteiger partial charge in [-0.1, -0.05) is 24.3 Å². The first-order valence-electron chi connectivity index (χ1n) is 5.70. The largest absolute Gasteiger partial charge is 0.278 e. The van der Waals surface area contributed by atoms with Crippen LogP contribution in [0.2, 0.25) is 0 Å². The molecule has 0 saturated carbocycles. The van der Waals surface area contributed by atoms with Crippen molar-refractivity contribution in [2.45, 2.75) is 0 Å². The van der Waals surface area contributed by atoms with Gasteiger partial charge in [-0.25, -0.2) is 4.98 Å². The molecule has 0 radical (unpaired) electrons. The fourth-order valence-corrected chi connectivity index (χ4v) is 3.15. The number of hydrogen-bond donors (Lipinski definition) is 1. The maximum absolute atomic E-state index is 4.69. The average Bonchev–Trinajstić information content (AvgIpc) is 3.04. The molecule has 0 aliphatic rings. The SMILES string of the molecule is c1ccc2sc(-c3cccc4[nH]ncc34)nc2c1. The Morgan fingerprint density at radius 1 is 1.00 bits per heavy atom. The molecule has 0 amide bonds. The summed E-state index contributed by atoms with van der Waals surface area (Å²) in [5, 5.41) is 9.25. The molecule has 0 fully saturated rings. The van der Waals surface area contributed by atoms with Gasteiger partial charge in [0.05, 0.1) is 21.9 Å². The third-order valence-corrected chi connectivity index (χ3v) is 4.08. The van der Waals surface area contributed by atoms with Gasteiger partial charge >= 0.3 is 0 Å². The number of rotatable bonds is 1. The first-order chi connectivity index (χ1) is 8.92. The predicted octanol–water partition coefficient (Wildman–Crippen LogP) is 3.84. The van der Waals surface area contributed by atoms with E-state index in [0.717, 1.165) is 27.0 Å². The summed E-state index contributed by atoms with van der Waals surface area (Å²) in [6, 6.07) is 14.4. The fourth-order valence-electron chi connectivity index (χ4n) is 2.14. The van der Waals surface area contributed by atoms with Crippen LogP contribution in [0, 0.1) is 0 Å². The highest BCUT2D eigenvalue weighted by Gasteiger charge is 2.09. The third kappa shape index (κ3) is 1.36. The normalized spacial score (nSPS) is 11.3.